The molecular formula is C21H18N2O4S2. The Morgan fingerprint density at radius 1 is 1.17 bits per heavy atom. The summed E-state index contributed by atoms with van der Waals surface area (Å²) in [4.78, 5) is 38.0. The van der Waals surface area contributed by atoms with Crippen molar-refractivity contribution in [3.8, 4) is 0 Å². The molecule has 1 atom stereocenters. The minimum atomic E-state index is -1.10. The van der Waals surface area contributed by atoms with Crippen LogP contribution in [0.25, 0.3) is 6.08 Å². The van der Waals surface area contributed by atoms with E-state index in [4.69, 9.17) is 12.2 Å². The first-order valence-electron chi connectivity index (χ1n) is 8.74. The van der Waals surface area contributed by atoms with Crippen LogP contribution < -0.4 is 5.32 Å². The first kappa shape index (κ1) is 20.8. The maximum Gasteiger partial charge on any atom is 0.326 e. The third-order valence-corrected chi connectivity index (χ3v) is 5.83. The molecule has 1 saturated heterocycles. The molecule has 1 aliphatic rings. The molecule has 0 saturated carbocycles. The van der Waals surface area contributed by atoms with Gasteiger partial charge in [0.2, 0.25) is 0 Å². The highest BCUT2D eigenvalue weighted by Gasteiger charge is 2.28. The first-order chi connectivity index (χ1) is 13.8. The number of likely N-dealkylation sites (N-methyl/N-ethyl adjacent to an activating group) is 1. The van der Waals surface area contributed by atoms with Crippen molar-refractivity contribution in [2.75, 3.05) is 7.05 Å². The van der Waals surface area contributed by atoms with E-state index < -0.39 is 17.9 Å². The summed E-state index contributed by atoms with van der Waals surface area (Å²) in [5, 5.41) is 12.0. The van der Waals surface area contributed by atoms with Crippen LogP contribution in [0.15, 0.2) is 59.5 Å². The lowest BCUT2D eigenvalue weighted by molar-refractivity contribution is -0.139. The van der Waals surface area contributed by atoms with Crippen molar-refractivity contribution in [3.05, 3.63) is 76.2 Å². The SMILES string of the molecule is CN1C(=O)/C(=C\c2ccc(C(=O)N[C@@H](Cc3ccccc3)C(=O)O)cc2)SC1=S. The van der Waals surface area contributed by atoms with Crippen LogP contribution in [-0.4, -0.2) is 45.2 Å². The molecule has 2 aromatic rings. The fourth-order valence-corrected chi connectivity index (χ4v) is 3.90. The predicted octanol–water partition coefficient (Wildman–Crippen LogP) is 2.94. The van der Waals surface area contributed by atoms with Gasteiger partial charge in [0.1, 0.15) is 10.4 Å². The summed E-state index contributed by atoms with van der Waals surface area (Å²) in [6.45, 7) is 0. The molecule has 6 nitrogen and oxygen atoms in total. The maximum absolute atomic E-state index is 12.5. The van der Waals surface area contributed by atoms with Gasteiger partial charge in [-0.05, 0) is 29.3 Å². The zero-order valence-electron chi connectivity index (χ0n) is 15.5. The predicted molar refractivity (Wildman–Crippen MR) is 116 cm³/mol. The topological polar surface area (TPSA) is 86.7 Å². The Labute approximate surface area is 177 Å². The Bertz CT molecular complexity index is 988. The molecule has 29 heavy (non-hydrogen) atoms. The quantitative estimate of drug-likeness (QED) is 0.546. The van der Waals surface area contributed by atoms with Crippen molar-refractivity contribution in [1.29, 1.82) is 0 Å². The Balaban J connectivity index is 1.69. The van der Waals surface area contributed by atoms with Gasteiger partial charge in [-0.25, -0.2) is 4.79 Å². The van der Waals surface area contributed by atoms with Gasteiger partial charge in [-0.3, -0.25) is 14.5 Å². The summed E-state index contributed by atoms with van der Waals surface area (Å²) in [5.74, 6) is -1.73. The summed E-state index contributed by atoms with van der Waals surface area (Å²) >= 11 is 6.33. The van der Waals surface area contributed by atoms with Gasteiger partial charge in [0.15, 0.2) is 0 Å². The number of nitrogens with one attached hydrogen (secondary N) is 1. The average molecular weight is 427 g/mol. The van der Waals surface area contributed by atoms with Crippen molar-refractivity contribution in [1.82, 2.24) is 10.2 Å². The normalized spacial score (nSPS) is 16.2. The van der Waals surface area contributed by atoms with E-state index in [2.05, 4.69) is 5.32 Å². The molecule has 8 heteroatoms. The van der Waals surface area contributed by atoms with E-state index in [1.165, 1.54) is 16.7 Å². The van der Waals surface area contributed by atoms with Gasteiger partial charge in [-0.1, -0.05) is 66.4 Å². The standard InChI is InChI=1S/C21H18N2O4S2/c1-23-19(25)17(29-21(23)28)12-14-7-9-15(10-8-14)18(24)22-16(20(26)27)11-13-5-3-2-4-6-13/h2-10,12,16H,11H2,1H3,(H,22,24)(H,26,27)/b17-12+/t16-/m0/s1. The van der Waals surface area contributed by atoms with Gasteiger partial charge >= 0.3 is 5.97 Å². The van der Waals surface area contributed by atoms with Crippen LogP contribution in [0.3, 0.4) is 0 Å². The van der Waals surface area contributed by atoms with Gasteiger partial charge in [0.25, 0.3) is 11.8 Å². The second-order valence-electron chi connectivity index (χ2n) is 6.42. The number of aliphatic carboxylic acids is 1. The van der Waals surface area contributed by atoms with E-state index in [1.54, 1.807) is 37.4 Å². The lowest BCUT2D eigenvalue weighted by atomic mass is 10.1. The number of rotatable bonds is 6. The van der Waals surface area contributed by atoms with Crippen LogP contribution >= 0.6 is 24.0 Å². The van der Waals surface area contributed by atoms with E-state index in [9.17, 15) is 19.5 Å². The first-order valence-corrected chi connectivity index (χ1v) is 9.97. The number of thioether (sulfide) groups is 1. The van der Waals surface area contributed by atoms with Gasteiger partial charge < -0.3 is 10.4 Å². The van der Waals surface area contributed by atoms with E-state index in [0.29, 0.717) is 14.8 Å². The summed E-state index contributed by atoms with van der Waals surface area (Å²) in [5.41, 5.74) is 1.91. The zero-order valence-corrected chi connectivity index (χ0v) is 17.1. The lowest BCUT2D eigenvalue weighted by Gasteiger charge is -2.15. The molecule has 148 valence electrons. The summed E-state index contributed by atoms with van der Waals surface area (Å²) in [6.07, 6.45) is 1.90. The molecule has 0 unspecified atom stereocenters. The highest BCUT2D eigenvalue weighted by molar-refractivity contribution is 8.26. The number of hydrogen-bond acceptors (Lipinski definition) is 5. The molecule has 0 bridgehead atoms. The molecule has 0 spiro atoms. The van der Waals surface area contributed by atoms with Crippen LogP contribution in [0, 0.1) is 0 Å². The van der Waals surface area contributed by atoms with E-state index in [1.807, 2.05) is 30.3 Å². The number of carbonyl (C=O) groups excluding carboxylic acids is 2. The lowest BCUT2D eigenvalue weighted by Crippen LogP contribution is -2.42. The van der Waals surface area contributed by atoms with Crippen molar-refractivity contribution >= 4 is 52.2 Å². The Hall–Kier alpha value is -2.97. The number of benzene rings is 2. The molecule has 1 aliphatic heterocycles. The van der Waals surface area contributed by atoms with Crippen molar-refractivity contribution in [2.24, 2.45) is 0 Å². The van der Waals surface area contributed by atoms with E-state index in [0.717, 1.165) is 11.1 Å². The maximum atomic E-state index is 12.5. The molecule has 3 rings (SSSR count). The second kappa shape index (κ2) is 9.02. The number of hydrogen-bond donors (Lipinski definition) is 2. The highest BCUT2D eigenvalue weighted by atomic mass is 32.2. The van der Waals surface area contributed by atoms with Gasteiger partial charge in [-0.15, -0.1) is 0 Å². The minimum absolute atomic E-state index is 0.160. The molecule has 0 aliphatic carbocycles. The van der Waals surface area contributed by atoms with E-state index >= 15 is 0 Å². The van der Waals surface area contributed by atoms with Crippen molar-refractivity contribution < 1.29 is 19.5 Å². The number of thiocarbonyl (C=S) groups is 1. The van der Waals surface area contributed by atoms with Gasteiger partial charge in [-0.2, -0.15) is 0 Å². The highest BCUT2D eigenvalue weighted by Crippen LogP contribution is 2.31. The smallest absolute Gasteiger partial charge is 0.326 e. The fraction of sp³-hybridized carbons (Fsp3) is 0.143. The van der Waals surface area contributed by atoms with Crippen LogP contribution in [0.1, 0.15) is 21.5 Å². The number of carbonyl (C=O) groups is 3. The number of amides is 2. The molecule has 2 aromatic carbocycles. The zero-order chi connectivity index (χ0) is 21.0. The van der Waals surface area contributed by atoms with Crippen molar-refractivity contribution in [2.45, 2.75) is 12.5 Å². The molecular weight excluding hydrogens is 408 g/mol. The van der Waals surface area contributed by atoms with Gasteiger partial charge in [0, 0.05) is 19.0 Å². The second-order valence-corrected chi connectivity index (χ2v) is 8.09. The monoisotopic (exact) mass is 426 g/mol. The Morgan fingerprint density at radius 2 is 1.83 bits per heavy atom. The van der Waals surface area contributed by atoms with Crippen LogP contribution in [0.5, 0.6) is 0 Å². The molecule has 1 heterocycles. The Morgan fingerprint density at radius 3 is 2.38 bits per heavy atom. The fourth-order valence-electron chi connectivity index (χ4n) is 2.72. The summed E-state index contributed by atoms with van der Waals surface area (Å²) in [6, 6.07) is 14.7. The third kappa shape index (κ3) is 5.10. The van der Waals surface area contributed by atoms with E-state index in [-0.39, 0.29) is 12.3 Å². The molecule has 0 aromatic heterocycles. The van der Waals surface area contributed by atoms with Crippen LogP contribution in [0.4, 0.5) is 0 Å². The third-order valence-electron chi connectivity index (χ3n) is 4.34. The molecule has 2 N–H and O–H groups in total. The Kier molecular flexibility index (Phi) is 6.46. The minimum Gasteiger partial charge on any atom is -0.480 e. The number of carboxylic acids is 1. The molecule has 1 fully saturated rings. The largest absolute Gasteiger partial charge is 0.480 e. The summed E-state index contributed by atoms with van der Waals surface area (Å²) < 4.78 is 0.496. The van der Waals surface area contributed by atoms with Gasteiger partial charge in [0.05, 0.1) is 4.91 Å². The number of carboxylic acid groups (broad SMARTS) is 1. The van der Waals surface area contributed by atoms with Crippen molar-refractivity contribution in [3.63, 3.8) is 0 Å². The molecule has 0 radical (unpaired) electrons. The molecule has 2 amide bonds. The average Bonchev–Trinajstić information content (AvgIpc) is 2.95. The van der Waals surface area contributed by atoms with Crippen LogP contribution in [-0.2, 0) is 16.0 Å². The number of nitrogens with zero attached hydrogens (tertiary/aromatic N) is 1. The summed E-state index contributed by atoms with van der Waals surface area (Å²) in [7, 11) is 1.63. The van der Waals surface area contributed by atoms with Crippen LogP contribution in [0.2, 0.25) is 0 Å².